The van der Waals surface area contributed by atoms with Crippen molar-refractivity contribution in [3.8, 4) is 5.75 Å². The third kappa shape index (κ3) is 4.75. The maximum atomic E-state index is 14.7. The minimum atomic E-state index is -1.06. The van der Waals surface area contributed by atoms with E-state index in [1.54, 1.807) is 4.90 Å². The normalized spacial score (nSPS) is 26.3. The lowest BCUT2D eigenvalue weighted by molar-refractivity contribution is -0.228. The molecule has 2 aromatic rings. The molecule has 1 aromatic carbocycles. The summed E-state index contributed by atoms with van der Waals surface area (Å²) in [6, 6.07) is -0.0266. The highest BCUT2D eigenvalue weighted by molar-refractivity contribution is 6.17. The number of hydroxylamine groups is 2. The molecule has 9 nitrogen and oxygen atoms in total. The van der Waals surface area contributed by atoms with Gasteiger partial charge in [0, 0.05) is 48.4 Å². The van der Waals surface area contributed by atoms with Gasteiger partial charge in [-0.25, -0.2) is 13.2 Å². The molecule has 40 heavy (non-hydrogen) atoms. The van der Waals surface area contributed by atoms with Gasteiger partial charge in [-0.15, -0.1) is 11.6 Å². The molecule has 0 aliphatic carbocycles. The number of aromatic nitrogens is 1. The quantitative estimate of drug-likeness (QED) is 0.380. The zero-order valence-corrected chi connectivity index (χ0v) is 22.6. The first-order valence-corrected chi connectivity index (χ1v) is 13.7. The van der Waals surface area contributed by atoms with Gasteiger partial charge in [0.25, 0.3) is 11.8 Å². The summed E-state index contributed by atoms with van der Waals surface area (Å²) in [5, 5.41) is 12.3. The van der Waals surface area contributed by atoms with E-state index in [0.29, 0.717) is 56.5 Å². The van der Waals surface area contributed by atoms with Gasteiger partial charge in [-0.3, -0.25) is 19.2 Å². The number of nitrogens with two attached hydrogens (primary N) is 1. The lowest BCUT2D eigenvalue weighted by Crippen LogP contribution is -2.52. The first-order chi connectivity index (χ1) is 19.0. The number of pyridine rings is 1. The molecule has 4 atom stereocenters. The maximum absolute atomic E-state index is 14.7. The minimum absolute atomic E-state index is 0.148. The number of rotatable bonds is 7. The molecule has 4 heterocycles. The number of halogens is 4. The highest BCUT2D eigenvalue weighted by Crippen LogP contribution is 2.49. The third-order valence-corrected chi connectivity index (χ3v) is 8.66. The van der Waals surface area contributed by atoms with Gasteiger partial charge < -0.3 is 20.3 Å². The number of carbonyl (C=O) groups is 2. The summed E-state index contributed by atoms with van der Waals surface area (Å²) in [6.07, 6.45) is 4.51. The molecule has 1 aromatic heterocycles. The molecule has 3 aliphatic heterocycles. The number of hydrogen-bond donors (Lipinski definition) is 2. The van der Waals surface area contributed by atoms with Crippen molar-refractivity contribution in [1.29, 1.82) is 0 Å². The van der Waals surface area contributed by atoms with Crippen LogP contribution in [0, 0.1) is 17.5 Å². The van der Waals surface area contributed by atoms with E-state index < -0.39 is 57.7 Å². The molecule has 2 bridgehead atoms. The molecule has 1 unspecified atom stereocenters. The van der Waals surface area contributed by atoms with E-state index in [2.05, 4.69) is 0 Å². The fourth-order valence-electron chi connectivity index (χ4n) is 6.27. The second kappa shape index (κ2) is 10.7. The number of benzene rings is 1. The Hall–Kier alpha value is -3.09. The van der Waals surface area contributed by atoms with Crippen molar-refractivity contribution >= 4 is 23.4 Å². The predicted octanol–water partition coefficient (Wildman–Crippen LogP) is 3.60. The summed E-state index contributed by atoms with van der Waals surface area (Å²) in [4.78, 5) is 46.3. The van der Waals surface area contributed by atoms with E-state index in [4.69, 9.17) is 22.2 Å². The Morgan fingerprint density at radius 1 is 1.23 bits per heavy atom. The summed E-state index contributed by atoms with van der Waals surface area (Å²) >= 11 is 5.89. The number of aromatic hydroxyl groups is 1. The van der Waals surface area contributed by atoms with Crippen LogP contribution in [0.4, 0.5) is 13.2 Å². The van der Waals surface area contributed by atoms with E-state index in [-0.39, 0.29) is 36.4 Å². The highest BCUT2D eigenvalue weighted by atomic mass is 35.5. The van der Waals surface area contributed by atoms with Crippen molar-refractivity contribution < 1.29 is 32.7 Å². The van der Waals surface area contributed by atoms with Crippen LogP contribution in [0.15, 0.2) is 23.1 Å². The number of unbranched alkanes of at least 4 members (excludes halogenated alkanes) is 1. The maximum Gasteiger partial charge on any atom is 0.274 e. The predicted molar refractivity (Wildman–Crippen MR) is 138 cm³/mol. The van der Waals surface area contributed by atoms with Crippen LogP contribution >= 0.6 is 11.6 Å². The van der Waals surface area contributed by atoms with Crippen LogP contribution in [0.25, 0.3) is 0 Å². The Balaban J connectivity index is 1.61. The number of amides is 2. The smallest absolute Gasteiger partial charge is 0.274 e. The molecule has 2 amide bonds. The molecule has 3 aliphatic rings. The molecule has 0 saturated carbocycles. The molecular weight excluding hydrogens is 553 g/mol. The largest absolute Gasteiger partial charge is 0.503 e. The second-order valence-corrected chi connectivity index (χ2v) is 11.2. The SMILES string of the molecule is C[C@H]1CC[C@]2(CC(CCCCCl)N(Cc3c(F)cc(F)cc3F)O2)[C@H]2CN1C(=O)c1c(O)c(=O)c(C(N)=O)cn12. The Labute approximate surface area is 233 Å². The van der Waals surface area contributed by atoms with Crippen molar-refractivity contribution in [1.82, 2.24) is 14.5 Å². The number of primary amides is 1. The van der Waals surface area contributed by atoms with Crippen LogP contribution < -0.4 is 11.2 Å². The Morgan fingerprint density at radius 3 is 2.58 bits per heavy atom. The van der Waals surface area contributed by atoms with Crippen molar-refractivity contribution in [2.45, 2.75) is 75.7 Å². The Kier molecular flexibility index (Phi) is 7.62. The standard InChI is InChI=1S/C27H30ClF3N4O5/c1-14-5-6-27(21-13-33(14)26(39)22-24(37)23(36)18(25(32)38)11-34(21)22)10-16(4-2-3-7-28)35(40-27)12-17-19(30)8-15(29)9-20(17)31/h8-9,11,14,16,21,37H,2-7,10,12-13H2,1H3,(H2,32,38)/t14-,16?,21+,27-/m0/s1. The molecule has 216 valence electrons. The Morgan fingerprint density at radius 2 is 1.93 bits per heavy atom. The van der Waals surface area contributed by atoms with Gasteiger partial charge in [-0.05, 0) is 39.0 Å². The summed E-state index contributed by atoms with van der Waals surface area (Å²) in [7, 11) is 0. The highest BCUT2D eigenvalue weighted by Gasteiger charge is 2.56. The van der Waals surface area contributed by atoms with E-state index in [1.807, 2.05) is 6.92 Å². The van der Waals surface area contributed by atoms with E-state index in [9.17, 15) is 32.7 Å². The molecule has 2 fully saturated rings. The van der Waals surface area contributed by atoms with Crippen LogP contribution in [0.1, 0.15) is 77.9 Å². The van der Waals surface area contributed by atoms with Gasteiger partial charge >= 0.3 is 0 Å². The van der Waals surface area contributed by atoms with Crippen LogP contribution in [-0.4, -0.2) is 61.6 Å². The molecule has 5 rings (SSSR count). The summed E-state index contributed by atoms with van der Waals surface area (Å²) in [5.41, 5.74) is 2.25. The van der Waals surface area contributed by atoms with Crippen LogP contribution in [0.5, 0.6) is 5.75 Å². The van der Waals surface area contributed by atoms with E-state index >= 15 is 0 Å². The van der Waals surface area contributed by atoms with Gasteiger partial charge in [0.2, 0.25) is 5.43 Å². The molecule has 2 saturated heterocycles. The van der Waals surface area contributed by atoms with Crippen LogP contribution in [0.2, 0.25) is 0 Å². The minimum Gasteiger partial charge on any atom is -0.503 e. The number of nitrogens with zero attached hydrogens (tertiary/aromatic N) is 3. The topological polar surface area (TPSA) is 118 Å². The number of fused-ring (bicyclic) bond motifs is 5. The average Bonchev–Trinajstić information content (AvgIpc) is 3.18. The zero-order chi connectivity index (χ0) is 28.9. The van der Waals surface area contributed by atoms with Crippen LogP contribution in [0.3, 0.4) is 0 Å². The van der Waals surface area contributed by atoms with Gasteiger partial charge in [-0.1, -0.05) is 6.42 Å². The fourth-order valence-corrected chi connectivity index (χ4v) is 6.46. The third-order valence-electron chi connectivity index (χ3n) is 8.40. The second-order valence-electron chi connectivity index (χ2n) is 10.8. The number of hydrogen-bond acceptors (Lipinski definition) is 6. The molecular formula is C27H30ClF3N4O5. The molecule has 0 radical (unpaired) electrons. The zero-order valence-electron chi connectivity index (χ0n) is 21.8. The van der Waals surface area contributed by atoms with Crippen molar-refractivity contribution in [2.24, 2.45) is 5.73 Å². The van der Waals surface area contributed by atoms with Crippen molar-refractivity contribution in [3.63, 3.8) is 0 Å². The first-order valence-electron chi connectivity index (χ1n) is 13.2. The number of carbonyl (C=O) groups excluding carboxylic acids is 2. The van der Waals surface area contributed by atoms with Gasteiger partial charge in [-0.2, -0.15) is 5.06 Å². The summed E-state index contributed by atoms with van der Waals surface area (Å²) in [5.74, 6) is -5.16. The van der Waals surface area contributed by atoms with Crippen LogP contribution in [-0.2, 0) is 11.4 Å². The van der Waals surface area contributed by atoms with Gasteiger partial charge in [0.05, 0.1) is 12.6 Å². The van der Waals surface area contributed by atoms with Gasteiger partial charge in [0.1, 0.15) is 28.6 Å². The monoisotopic (exact) mass is 582 g/mol. The molecule has 1 spiro atoms. The summed E-state index contributed by atoms with van der Waals surface area (Å²) in [6.45, 7) is 1.70. The first kappa shape index (κ1) is 28.4. The van der Waals surface area contributed by atoms with E-state index in [0.717, 1.165) is 0 Å². The lowest BCUT2D eigenvalue weighted by Gasteiger charge is -2.42. The summed E-state index contributed by atoms with van der Waals surface area (Å²) < 4.78 is 44.3. The van der Waals surface area contributed by atoms with E-state index in [1.165, 1.54) is 15.8 Å². The van der Waals surface area contributed by atoms with Gasteiger partial charge in [0.15, 0.2) is 11.4 Å². The lowest BCUT2D eigenvalue weighted by atomic mass is 9.82. The number of alkyl halides is 1. The fraction of sp³-hybridized carbons (Fsp3) is 0.519. The molecule has 13 heteroatoms. The average molecular weight is 583 g/mol. The van der Waals surface area contributed by atoms with Crippen molar-refractivity contribution in [2.75, 3.05) is 12.4 Å². The molecule has 3 N–H and O–H groups in total. The van der Waals surface area contributed by atoms with Crippen molar-refractivity contribution in [3.05, 3.63) is 62.8 Å². The Bertz CT molecular complexity index is 1400.